The lowest BCUT2D eigenvalue weighted by Gasteiger charge is -2.02. The summed E-state index contributed by atoms with van der Waals surface area (Å²) < 4.78 is 10.6. The lowest BCUT2D eigenvalue weighted by molar-refractivity contribution is 0.0476. The third kappa shape index (κ3) is 4.65. The van der Waals surface area contributed by atoms with Crippen LogP contribution in [0.4, 0.5) is 0 Å². The van der Waals surface area contributed by atoms with E-state index in [1.165, 1.54) is 0 Å². The smallest absolute Gasteiger partial charge is 0.338 e. The minimum absolute atomic E-state index is 0.0572. The number of aliphatic hydroxyl groups is 1. The monoisotopic (exact) mass is 264 g/mol. The highest BCUT2D eigenvalue weighted by molar-refractivity contribution is 5.89. The Balaban J connectivity index is 1.59. The Bertz CT molecular complexity index is 390. The number of hydrogen-bond donors (Lipinski definition) is 1. The van der Waals surface area contributed by atoms with Crippen LogP contribution in [0.5, 0.6) is 0 Å². The Morgan fingerprint density at radius 3 is 2.68 bits per heavy atom. The number of carbonyl (C=O) groups excluding carboxylic acids is 1. The van der Waals surface area contributed by atoms with E-state index >= 15 is 0 Å². The number of carbonyl (C=O) groups is 1. The van der Waals surface area contributed by atoms with E-state index in [-0.39, 0.29) is 24.8 Å². The third-order valence-electron chi connectivity index (χ3n) is 3.22. The van der Waals surface area contributed by atoms with Crippen LogP contribution in [-0.4, -0.2) is 36.5 Å². The van der Waals surface area contributed by atoms with Crippen molar-refractivity contribution in [2.24, 2.45) is 0 Å². The molecule has 104 valence electrons. The highest BCUT2D eigenvalue weighted by atomic mass is 16.6. The molecule has 1 aliphatic heterocycles. The zero-order valence-electron chi connectivity index (χ0n) is 11.0. The molecular weight excluding hydrogens is 244 g/mol. The van der Waals surface area contributed by atoms with Gasteiger partial charge in [-0.25, -0.2) is 4.79 Å². The summed E-state index contributed by atoms with van der Waals surface area (Å²) in [5.41, 5.74) is 0.572. The Morgan fingerprint density at radius 1 is 1.16 bits per heavy atom. The molecule has 0 saturated carbocycles. The summed E-state index contributed by atoms with van der Waals surface area (Å²) >= 11 is 0. The molecule has 2 atom stereocenters. The molecule has 1 saturated heterocycles. The zero-order chi connectivity index (χ0) is 13.5. The van der Waals surface area contributed by atoms with Crippen LogP contribution < -0.4 is 0 Å². The van der Waals surface area contributed by atoms with Crippen LogP contribution in [0.15, 0.2) is 30.3 Å². The van der Waals surface area contributed by atoms with E-state index < -0.39 is 0 Å². The molecule has 0 amide bonds. The lowest BCUT2D eigenvalue weighted by Crippen LogP contribution is -2.11. The van der Waals surface area contributed by atoms with Crippen LogP contribution in [0.25, 0.3) is 0 Å². The van der Waals surface area contributed by atoms with Gasteiger partial charge in [0.15, 0.2) is 0 Å². The molecule has 4 nitrogen and oxygen atoms in total. The van der Waals surface area contributed by atoms with E-state index in [2.05, 4.69) is 0 Å². The Morgan fingerprint density at radius 2 is 1.95 bits per heavy atom. The number of epoxide rings is 1. The Hall–Kier alpha value is -1.39. The first-order chi connectivity index (χ1) is 9.31. The first kappa shape index (κ1) is 14.0. The molecule has 1 aromatic carbocycles. The van der Waals surface area contributed by atoms with Crippen molar-refractivity contribution in [3.05, 3.63) is 35.9 Å². The number of rotatable bonds is 8. The molecule has 1 aromatic rings. The topological polar surface area (TPSA) is 59.1 Å². The van der Waals surface area contributed by atoms with Crippen molar-refractivity contribution >= 4 is 5.97 Å². The van der Waals surface area contributed by atoms with Crippen molar-refractivity contribution in [2.75, 3.05) is 13.2 Å². The molecule has 0 spiro atoms. The summed E-state index contributed by atoms with van der Waals surface area (Å²) in [6, 6.07) is 8.97. The largest absolute Gasteiger partial charge is 0.459 e. The van der Waals surface area contributed by atoms with Gasteiger partial charge in [-0.3, -0.25) is 0 Å². The minimum atomic E-state index is -0.296. The highest BCUT2D eigenvalue weighted by Crippen LogP contribution is 2.27. The van der Waals surface area contributed by atoms with Crippen LogP contribution in [0.1, 0.15) is 36.0 Å². The van der Waals surface area contributed by atoms with Crippen molar-refractivity contribution in [3.8, 4) is 0 Å². The van der Waals surface area contributed by atoms with Crippen LogP contribution in [0.2, 0.25) is 0 Å². The molecule has 1 fully saturated rings. The van der Waals surface area contributed by atoms with Gasteiger partial charge in [0.25, 0.3) is 0 Å². The van der Waals surface area contributed by atoms with Crippen LogP contribution >= 0.6 is 0 Å². The summed E-state index contributed by atoms with van der Waals surface area (Å²) in [5, 5.41) is 8.66. The summed E-state index contributed by atoms with van der Waals surface area (Å²) in [6.07, 6.45) is 4.18. The Labute approximate surface area is 113 Å². The number of unbranched alkanes of at least 4 members (excludes halogenated alkanes) is 2. The molecule has 0 aliphatic carbocycles. The second-order valence-corrected chi connectivity index (χ2v) is 4.75. The van der Waals surface area contributed by atoms with Crippen molar-refractivity contribution in [2.45, 2.75) is 37.9 Å². The minimum Gasteiger partial charge on any atom is -0.459 e. The van der Waals surface area contributed by atoms with Crippen LogP contribution in [0.3, 0.4) is 0 Å². The van der Waals surface area contributed by atoms with Gasteiger partial charge >= 0.3 is 5.97 Å². The van der Waals surface area contributed by atoms with E-state index in [9.17, 15) is 4.79 Å². The van der Waals surface area contributed by atoms with E-state index in [1.807, 2.05) is 18.2 Å². The van der Waals surface area contributed by atoms with Gasteiger partial charge in [-0.05, 0) is 25.0 Å². The number of benzene rings is 1. The SMILES string of the molecule is O=C(OCC1OC1CCCCCO)c1ccccc1. The van der Waals surface area contributed by atoms with Crippen molar-refractivity contribution in [1.82, 2.24) is 0 Å². The lowest BCUT2D eigenvalue weighted by atomic mass is 10.1. The molecule has 19 heavy (non-hydrogen) atoms. The molecule has 0 radical (unpaired) electrons. The summed E-state index contributed by atoms with van der Waals surface area (Å²) in [7, 11) is 0. The zero-order valence-corrected chi connectivity index (χ0v) is 11.0. The second kappa shape index (κ2) is 7.26. The van der Waals surface area contributed by atoms with Gasteiger partial charge in [-0.1, -0.05) is 31.0 Å². The van der Waals surface area contributed by atoms with Gasteiger partial charge in [0.1, 0.15) is 12.7 Å². The summed E-state index contributed by atoms with van der Waals surface area (Å²) in [4.78, 5) is 11.7. The molecule has 1 aliphatic rings. The highest BCUT2D eigenvalue weighted by Gasteiger charge is 2.38. The first-order valence-electron chi connectivity index (χ1n) is 6.80. The average Bonchev–Trinajstić information content (AvgIpc) is 3.20. The predicted molar refractivity (Wildman–Crippen MR) is 70.9 cm³/mol. The molecule has 0 bridgehead atoms. The van der Waals surface area contributed by atoms with Crippen LogP contribution in [-0.2, 0) is 9.47 Å². The maximum absolute atomic E-state index is 11.7. The number of esters is 1. The predicted octanol–water partition coefficient (Wildman–Crippen LogP) is 2.16. The van der Waals surface area contributed by atoms with Gasteiger partial charge in [0.2, 0.25) is 0 Å². The fourth-order valence-electron chi connectivity index (χ4n) is 2.03. The number of aliphatic hydroxyl groups excluding tert-OH is 1. The van der Waals surface area contributed by atoms with Crippen molar-refractivity contribution < 1.29 is 19.4 Å². The molecular formula is C15H20O4. The van der Waals surface area contributed by atoms with Gasteiger partial charge in [-0.2, -0.15) is 0 Å². The number of ether oxygens (including phenoxy) is 2. The van der Waals surface area contributed by atoms with Crippen molar-refractivity contribution in [3.63, 3.8) is 0 Å². The van der Waals surface area contributed by atoms with Crippen molar-refractivity contribution in [1.29, 1.82) is 0 Å². The standard InChI is InChI=1S/C15H20O4/c16-10-6-2-5-9-13-14(19-13)11-18-15(17)12-7-3-1-4-8-12/h1,3-4,7-8,13-14,16H,2,5-6,9-11H2. The summed E-state index contributed by atoms with van der Waals surface area (Å²) in [5.74, 6) is -0.296. The molecule has 4 heteroatoms. The molecule has 0 aromatic heterocycles. The van der Waals surface area contributed by atoms with Crippen LogP contribution in [0, 0.1) is 0 Å². The van der Waals surface area contributed by atoms with E-state index in [4.69, 9.17) is 14.6 Å². The third-order valence-corrected chi connectivity index (χ3v) is 3.22. The van der Waals surface area contributed by atoms with Gasteiger partial charge in [0.05, 0.1) is 11.7 Å². The summed E-state index contributed by atoms with van der Waals surface area (Å²) in [6.45, 7) is 0.585. The quantitative estimate of drug-likeness (QED) is 0.444. The van der Waals surface area contributed by atoms with Gasteiger partial charge in [0, 0.05) is 6.61 Å². The van der Waals surface area contributed by atoms with E-state index in [0.717, 1.165) is 25.7 Å². The fourth-order valence-corrected chi connectivity index (χ4v) is 2.03. The molecule has 2 rings (SSSR count). The molecule has 2 unspecified atom stereocenters. The average molecular weight is 264 g/mol. The second-order valence-electron chi connectivity index (χ2n) is 4.75. The van der Waals surface area contributed by atoms with E-state index in [1.54, 1.807) is 12.1 Å². The Kier molecular flexibility index (Phi) is 5.36. The van der Waals surface area contributed by atoms with E-state index in [0.29, 0.717) is 12.2 Å². The maximum atomic E-state index is 11.7. The normalized spacial score (nSPS) is 21.1. The number of hydrogen-bond acceptors (Lipinski definition) is 4. The van der Waals surface area contributed by atoms with Gasteiger partial charge < -0.3 is 14.6 Å². The molecule has 1 N–H and O–H groups in total. The molecule has 1 heterocycles. The maximum Gasteiger partial charge on any atom is 0.338 e. The fraction of sp³-hybridized carbons (Fsp3) is 0.533. The first-order valence-corrected chi connectivity index (χ1v) is 6.80. The van der Waals surface area contributed by atoms with Gasteiger partial charge in [-0.15, -0.1) is 0 Å².